The predicted octanol–water partition coefficient (Wildman–Crippen LogP) is 7.82. The second kappa shape index (κ2) is 12.0. The maximum absolute atomic E-state index is 13.5. The van der Waals surface area contributed by atoms with Crippen LogP contribution in [0.15, 0.2) is 30.5 Å². The summed E-state index contributed by atoms with van der Waals surface area (Å²) in [5, 5.41) is 3.22. The maximum atomic E-state index is 13.5. The molecule has 0 spiro atoms. The van der Waals surface area contributed by atoms with Crippen molar-refractivity contribution in [1.29, 1.82) is 0 Å². The summed E-state index contributed by atoms with van der Waals surface area (Å²) >= 11 is 0. The summed E-state index contributed by atoms with van der Waals surface area (Å²) < 4.78 is 132. The van der Waals surface area contributed by atoms with Crippen LogP contribution in [0.25, 0.3) is 0 Å². The normalized spacial score (nSPS) is 24.6. The van der Waals surface area contributed by atoms with Crippen LogP contribution in [-0.4, -0.2) is 41.4 Å². The van der Waals surface area contributed by atoms with Gasteiger partial charge in [-0.3, -0.25) is 4.90 Å². The molecule has 2 aliphatic rings. The van der Waals surface area contributed by atoms with Crippen LogP contribution in [0.2, 0.25) is 0 Å². The zero-order chi connectivity index (χ0) is 30.2. The van der Waals surface area contributed by atoms with Crippen molar-refractivity contribution >= 4 is 5.82 Å². The Kier molecular flexibility index (Phi) is 9.15. The van der Waals surface area contributed by atoms with Crippen LogP contribution < -0.4 is 5.32 Å². The average Bonchev–Trinajstić information content (AvgIpc) is 3.23. The summed E-state index contributed by atoms with van der Waals surface area (Å²) in [6, 6.07) is 1.33. The van der Waals surface area contributed by atoms with Gasteiger partial charge in [-0.15, -0.1) is 0 Å². The molecule has 0 radical (unpaired) electrons. The number of hydrogen-bond donors (Lipinski definition) is 1. The van der Waals surface area contributed by atoms with Gasteiger partial charge in [-0.1, -0.05) is 13.3 Å². The van der Waals surface area contributed by atoms with Crippen molar-refractivity contribution in [3.8, 4) is 0 Å². The second-order valence-electron chi connectivity index (χ2n) is 10.4. The van der Waals surface area contributed by atoms with Crippen LogP contribution in [0.1, 0.15) is 73.5 Å². The second-order valence-corrected chi connectivity index (χ2v) is 10.4. The van der Waals surface area contributed by atoms with E-state index in [1.807, 2.05) is 6.92 Å². The van der Waals surface area contributed by atoms with E-state index in [1.165, 1.54) is 6.92 Å². The van der Waals surface area contributed by atoms with Gasteiger partial charge in [0.1, 0.15) is 12.5 Å². The van der Waals surface area contributed by atoms with Crippen molar-refractivity contribution in [2.75, 3.05) is 18.7 Å². The summed E-state index contributed by atoms with van der Waals surface area (Å²) in [5.41, 5.74) is -4.07. The molecule has 1 aromatic carbocycles. The number of anilines is 1. The van der Waals surface area contributed by atoms with Crippen molar-refractivity contribution in [2.45, 2.75) is 88.9 Å². The van der Waals surface area contributed by atoms with E-state index in [-0.39, 0.29) is 48.4 Å². The zero-order valence-corrected chi connectivity index (χ0v) is 22.3. The molecule has 1 N–H and O–H groups in total. The van der Waals surface area contributed by atoms with Crippen LogP contribution >= 0.6 is 0 Å². The standard InChI is InChI=1S/C27H30F9N3O2/c1-3-4-22-11-21(5-6-40-22)38-24-17(9-20(12-37-24)27(34,35)36)13-39-14-41-23(15(39)2)16-7-18(25(28,29)30)10-19(8-16)26(31,32)33/h7-10,12,15,21-23H,3-6,11,13-14H2,1-2H3,(H,37,38)/t15-,21?,22?,23-/m0/s1. The van der Waals surface area contributed by atoms with Crippen LogP contribution in [-0.2, 0) is 34.5 Å². The molecule has 2 fully saturated rings. The topological polar surface area (TPSA) is 46.6 Å². The van der Waals surface area contributed by atoms with Gasteiger partial charge < -0.3 is 14.8 Å². The lowest BCUT2D eigenvalue weighted by Gasteiger charge is -2.31. The Hall–Kier alpha value is -2.58. The molecule has 2 saturated heterocycles. The summed E-state index contributed by atoms with van der Waals surface area (Å²) in [6.45, 7) is 3.67. The molecule has 4 rings (SSSR count). The van der Waals surface area contributed by atoms with Gasteiger partial charge in [0.25, 0.3) is 0 Å². The van der Waals surface area contributed by atoms with Crippen molar-refractivity contribution < 1.29 is 49.0 Å². The third-order valence-corrected chi connectivity index (χ3v) is 7.36. The van der Waals surface area contributed by atoms with Gasteiger partial charge >= 0.3 is 18.5 Å². The van der Waals surface area contributed by atoms with Gasteiger partial charge in [-0.05, 0) is 56.0 Å². The molecule has 2 aliphatic heterocycles. The largest absolute Gasteiger partial charge is 0.417 e. The Morgan fingerprint density at radius 3 is 2.12 bits per heavy atom. The molecular formula is C27H30F9N3O2. The lowest BCUT2D eigenvalue weighted by molar-refractivity contribution is -0.143. The average molecular weight is 600 g/mol. The van der Waals surface area contributed by atoms with Gasteiger partial charge in [0.2, 0.25) is 0 Å². The number of aromatic nitrogens is 1. The molecule has 228 valence electrons. The van der Waals surface area contributed by atoms with E-state index in [2.05, 4.69) is 10.3 Å². The summed E-state index contributed by atoms with van der Waals surface area (Å²) in [5.74, 6) is 0.217. The first kappa shape index (κ1) is 31.4. The van der Waals surface area contributed by atoms with E-state index >= 15 is 0 Å². The Morgan fingerprint density at radius 1 is 0.902 bits per heavy atom. The summed E-state index contributed by atoms with van der Waals surface area (Å²) in [4.78, 5) is 5.59. The molecule has 0 bridgehead atoms. The number of rotatable bonds is 7. The van der Waals surface area contributed by atoms with Crippen LogP contribution in [0.5, 0.6) is 0 Å². The summed E-state index contributed by atoms with van der Waals surface area (Å²) in [6.07, 6.45) is -12.2. The highest BCUT2D eigenvalue weighted by atomic mass is 19.4. The minimum atomic E-state index is -5.03. The molecule has 14 heteroatoms. The molecule has 5 nitrogen and oxygen atoms in total. The molecule has 3 heterocycles. The molecule has 0 saturated carbocycles. The number of ether oxygens (including phenoxy) is 2. The number of pyridine rings is 1. The molecule has 41 heavy (non-hydrogen) atoms. The van der Waals surface area contributed by atoms with Crippen molar-refractivity contribution in [2.24, 2.45) is 0 Å². The summed E-state index contributed by atoms with van der Waals surface area (Å²) in [7, 11) is 0. The first-order valence-electron chi connectivity index (χ1n) is 13.2. The Balaban J connectivity index is 1.59. The number of hydrogen-bond acceptors (Lipinski definition) is 5. The van der Waals surface area contributed by atoms with Crippen molar-refractivity contribution in [3.05, 3.63) is 58.3 Å². The minimum Gasteiger partial charge on any atom is -0.378 e. The van der Waals surface area contributed by atoms with E-state index in [9.17, 15) is 39.5 Å². The van der Waals surface area contributed by atoms with Gasteiger partial charge in [-0.2, -0.15) is 39.5 Å². The number of nitrogens with one attached hydrogen (secondary N) is 1. The fourth-order valence-electron chi connectivity index (χ4n) is 5.19. The van der Waals surface area contributed by atoms with E-state index in [0.717, 1.165) is 25.1 Å². The molecule has 0 amide bonds. The van der Waals surface area contributed by atoms with Crippen LogP contribution in [0.3, 0.4) is 0 Å². The van der Waals surface area contributed by atoms with E-state index < -0.39 is 47.4 Å². The van der Waals surface area contributed by atoms with Crippen LogP contribution in [0, 0.1) is 0 Å². The van der Waals surface area contributed by atoms with Gasteiger partial charge in [0.05, 0.1) is 28.9 Å². The first-order chi connectivity index (χ1) is 19.1. The molecule has 4 atom stereocenters. The highest BCUT2D eigenvalue weighted by molar-refractivity contribution is 5.47. The van der Waals surface area contributed by atoms with Gasteiger partial charge in [-0.25, -0.2) is 4.98 Å². The monoisotopic (exact) mass is 599 g/mol. The third-order valence-electron chi connectivity index (χ3n) is 7.36. The SMILES string of the molecule is CCCC1CC(Nc2ncc(C(F)(F)F)cc2CN2CO[C@H](c3cc(C(F)(F)F)cc(C(F)(F)F)c3)[C@@H]2C)CCO1. The minimum absolute atomic E-state index is 0.00552. The third kappa shape index (κ3) is 7.63. The molecule has 2 aromatic rings. The fourth-order valence-corrected chi connectivity index (χ4v) is 5.19. The van der Waals surface area contributed by atoms with Crippen LogP contribution in [0.4, 0.5) is 45.3 Å². The lowest BCUT2D eigenvalue weighted by atomic mass is 9.97. The Bertz CT molecular complexity index is 1170. The lowest BCUT2D eigenvalue weighted by Crippen LogP contribution is -2.35. The fraction of sp³-hybridized carbons (Fsp3) is 0.593. The van der Waals surface area contributed by atoms with Crippen molar-refractivity contribution in [1.82, 2.24) is 9.88 Å². The maximum Gasteiger partial charge on any atom is 0.417 e. The van der Waals surface area contributed by atoms with E-state index in [1.54, 1.807) is 4.90 Å². The quantitative estimate of drug-likeness (QED) is 0.329. The van der Waals surface area contributed by atoms with E-state index in [4.69, 9.17) is 9.47 Å². The number of nitrogens with zero attached hydrogens (tertiary/aromatic N) is 2. The first-order valence-corrected chi connectivity index (χ1v) is 13.2. The Morgan fingerprint density at radius 2 is 1.54 bits per heavy atom. The Labute approximate surface area is 231 Å². The molecule has 2 unspecified atom stereocenters. The highest BCUT2D eigenvalue weighted by Gasteiger charge is 2.41. The zero-order valence-electron chi connectivity index (χ0n) is 22.3. The van der Waals surface area contributed by atoms with Gasteiger partial charge in [0.15, 0.2) is 0 Å². The number of halogens is 9. The molecular weight excluding hydrogens is 569 g/mol. The predicted molar refractivity (Wildman–Crippen MR) is 131 cm³/mol. The number of alkyl halides is 9. The highest BCUT2D eigenvalue weighted by Crippen LogP contribution is 2.41. The van der Waals surface area contributed by atoms with Crippen molar-refractivity contribution in [3.63, 3.8) is 0 Å². The van der Waals surface area contributed by atoms with Gasteiger partial charge in [0, 0.05) is 37.0 Å². The molecule has 1 aromatic heterocycles. The molecule has 0 aliphatic carbocycles. The number of benzene rings is 1. The smallest absolute Gasteiger partial charge is 0.378 e. The van der Waals surface area contributed by atoms with E-state index in [0.29, 0.717) is 31.6 Å².